The van der Waals surface area contributed by atoms with E-state index in [1.54, 1.807) is 0 Å². The number of rotatable bonds is 4. The number of nitrogens with two attached hydrogens (primary N) is 1. The van der Waals surface area contributed by atoms with Gasteiger partial charge in [-0.1, -0.05) is 13.8 Å². The van der Waals surface area contributed by atoms with Crippen LogP contribution in [0.5, 0.6) is 0 Å². The van der Waals surface area contributed by atoms with E-state index < -0.39 is 11.9 Å². The Labute approximate surface area is 105 Å². The minimum Gasteiger partial charge on any atom is -0.396 e. The molecule has 0 radical (unpaired) electrons. The summed E-state index contributed by atoms with van der Waals surface area (Å²) in [6.45, 7) is 5.89. The van der Waals surface area contributed by atoms with E-state index in [-0.39, 0.29) is 16.9 Å². The summed E-state index contributed by atoms with van der Waals surface area (Å²) in [4.78, 5) is 3.30. The number of nitrogens with zero attached hydrogens (tertiary/aromatic N) is 1. The van der Waals surface area contributed by atoms with Gasteiger partial charge in [0.25, 0.3) is 0 Å². The van der Waals surface area contributed by atoms with E-state index >= 15 is 0 Å². The molecule has 0 aliphatic carbocycles. The van der Waals surface area contributed by atoms with Gasteiger partial charge in [0, 0.05) is 5.54 Å². The van der Waals surface area contributed by atoms with Gasteiger partial charge in [-0.15, -0.1) is 0 Å². The normalized spacial score (nSPS) is 12.6. The third-order valence-electron chi connectivity index (χ3n) is 3.22. The molecule has 1 heterocycles. The fraction of sp³-hybridized carbons (Fsp3) is 0.583. The Hall–Kier alpha value is -1.46. The van der Waals surface area contributed by atoms with Crippen LogP contribution in [-0.4, -0.2) is 10.5 Å². The molecule has 3 nitrogen and oxygen atoms in total. The van der Waals surface area contributed by atoms with Crippen LogP contribution in [0.2, 0.25) is 0 Å². The fourth-order valence-corrected chi connectivity index (χ4v) is 1.48. The van der Waals surface area contributed by atoms with Gasteiger partial charge in [0.15, 0.2) is 0 Å². The Morgan fingerprint density at radius 3 is 2.28 bits per heavy atom. The second kappa shape index (κ2) is 5.04. The van der Waals surface area contributed by atoms with Crippen molar-refractivity contribution in [3.8, 4) is 0 Å². The number of nitrogens with one attached hydrogen (secondary N) is 1. The maximum absolute atomic E-state index is 12.6. The molecule has 0 atom stereocenters. The molecule has 0 bridgehead atoms. The Morgan fingerprint density at radius 2 is 1.83 bits per heavy atom. The first-order valence-corrected chi connectivity index (χ1v) is 5.82. The Bertz CT molecular complexity index is 412. The monoisotopic (exact) mass is 261 g/mol. The average Bonchev–Trinajstić information content (AvgIpc) is 2.30. The summed E-state index contributed by atoms with van der Waals surface area (Å²) in [7, 11) is 0. The molecule has 0 fully saturated rings. The molecule has 0 saturated carbocycles. The molecule has 0 aromatic carbocycles. The molecule has 102 valence electrons. The predicted molar refractivity (Wildman–Crippen MR) is 66.3 cm³/mol. The number of anilines is 2. The third-order valence-corrected chi connectivity index (χ3v) is 3.22. The van der Waals surface area contributed by atoms with E-state index in [4.69, 9.17) is 5.73 Å². The molecule has 1 rings (SSSR count). The summed E-state index contributed by atoms with van der Waals surface area (Å²) in [5.41, 5.74) is 4.94. The molecule has 1 aromatic heterocycles. The zero-order chi connectivity index (χ0) is 14.0. The highest BCUT2D eigenvalue weighted by molar-refractivity contribution is 5.66. The van der Waals surface area contributed by atoms with Crippen LogP contribution in [0.1, 0.15) is 39.3 Å². The van der Waals surface area contributed by atoms with Crippen molar-refractivity contribution in [3.63, 3.8) is 0 Å². The quantitative estimate of drug-likeness (QED) is 0.869. The number of pyridine rings is 1. The van der Waals surface area contributed by atoms with E-state index in [0.717, 1.165) is 25.1 Å². The topological polar surface area (TPSA) is 50.9 Å². The third kappa shape index (κ3) is 3.27. The van der Waals surface area contributed by atoms with Gasteiger partial charge < -0.3 is 11.1 Å². The van der Waals surface area contributed by atoms with Crippen LogP contribution < -0.4 is 11.1 Å². The van der Waals surface area contributed by atoms with Crippen molar-refractivity contribution in [1.29, 1.82) is 0 Å². The zero-order valence-corrected chi connectivity index (χ0v) is 10.7. The first-order valence-electron chi connectivity index (χ1n) is 5.82. The first-order chi connectivity index (χ1) is 8.22. The molecule has 0 aliphatic heterocycles. The molecule has 6 heteroatoms. The highest BCUT2D eigenvalue weighted by atomic mass is 19.4. The molecule has 18 heavy (non-hydrogen) atoms. The molecule has 0 spiro atoms. The van der Waals surface area contributed by atoms with Crippen LogP contribution in [0.15, 0.2) is 12.3 Å². The van der Waals surface area contributed by atoms with Crippen molar-refractivity contribution in [2.75, 3.05) is 11.1 Å². The lowest BCUT2D eigenvalue weighted by Gasteiger charge is -2.30. The highest BCUT2D eigenvalue weighted by Gasteiger charge is 2.33. The maximum atomic E-state index is 12.6. The van der Waals surface area contributed by atoms with Crippen LogP contribution >= 0.6 is 0 Å². The Morgan fingerprint density at radius 1 is 1.28 bits per heavy atom. The van der Waals surface area contributed by atoms with Gasteiger partial charge in [0.2, 0.25) is 0 Å². The van der Waals surface area contributed by atoms with Crippen molar-refractivity contribution in [1.82, 2.24) is 4.98 Å². The van der Waals surface area contributed by atoms with Crippen LogP contribution in [0.4, 0.5) is 24.5 Å². The minimum absolute atomic E-state index is 0.219. The van der Waals surface area contributed by atoms with Gasteiger partial charge >= 0.3 is 6.18 Å². The summed E-state index contributed by atoms with van der Waals surface area (Å²) >= 11 is 0. The van der Waals surface area contributed by atoms with Crippen molar-refractivity contribution in [2.24, 2.45) is 0 Å². The van der Waals surface area contributed by atoms with Crippen LogP contribution in [0, 0.1) is 0 Å². The fourth-order valence-electron chi connectivity index (χ4n) is 1.48. The van der Waals surface area contributed by atoms with Crippen molar-refractivity contribution in [2.45, 2.75) is 45.3 Å². The molecular formula is C12H18F3N3. The lowest BCUT2D eigenvalue weighted by atomic mass is 9.95. The van der Waals surface area contributed by atoms with Gasteiger partial charge in [-0.25, -0.2) is 4.98 Å². The largest absolute Gasteiger partial charge is 0.433 e. The van der Waals surface area contributed by atoms with Crippen molar-refractivity contribution < 1.29 is 13.2 Å². The van der Waals surface area contributed by atoms with Gasteiger partial charge in [-0.3, -0.25) is 0 Å². The summed E-state index contributed by atoms with van der Waals surface area (Å²) < 4.78 is 37.7. The second-order valence-electron chi connectivity index (χ2n) is 4.55. The van der Waals surface area contributed by atoms with Crippen molar-refractivity contribution in [3.05, 3.63) is 18.0 Å². The number of hydrogen-bond donors (Lipinski definition) is 2. The average molecular weight is 261 g/mol. The summed E-state index contributed by atoms with van der Waals surface area (Å²) in [6, 6.07) is 0.957. The second-order valence-corrected chi connectivity index (χ2v) is 4.55. The smallest absolute Gasteiger partial charge is 0.396 e. The molecule has 3 N–H and O–H groups in total. The maximum Gasteiger partial charge on any atom is 0.433 e. The van der Waals surface area contributed by atoms with Crippen LogP contribution in [0.25, 0.3) is 0 Å². The summed E-state index contributed by atoms with van der Waals surface area (Å²) in [6.07, 6.45) is -1.85. The van der Waals surface area contributed by atoms with E-state index in [9.17, 15) is 13.2 Å². The van der Waals surface area contributed by atoms with Gasteiger partial charge in [0.1, 0.15) is 5.69 Å². The summed E-state index contributed by atoms with van der Waals surface area (Å²) in [5, 5.41) is 3.07. The van der Waals surface area contributed by atoms with Gasteiger partial charge in [-0.2, -0.15) is 13.2 Å². The van der Waals surface area contributed by atoms with Gasteiger partial charge in [0.05, 0.1) is 17.6 Å². The standard InChI is InChI=1S/C12H18F3N3/c1-4-11(3,5-2)18-9-6-10(12(13,14)15)17-7-8(9)16/h6-7H,4-5,16H2,1-3H3,(H,17,18). The van der Waals surface area contributed by atoms with E-state index in [0.29, 0.717) is 0 Å². The summed E-state index contributed by atoms with van der Waals surface area (Å²) in [5.74, 6) is 0. The SMILES string of the molecule is CCC(C)(CC)Nc1cc(C(F)(F)F)ncc1N. The van der Waals surface area contributed by atoms with Gasteiger partial charge in [-0.05, 0) is 25.8 Å². The van der Waals surface area contributed by atoms with Crippen LogP contribution in [-0.2, 0) is 6.18 Å². The number of aromatic nitrogens is 1. The first kappa shape index (κ1) is 14.6. The number of halogens is 3. The van der Waals surface area contributed by atoms with E-state index in [1.165, 1.54) is 0 Å². The molecule has 0 amide bonds. The molecular weight excluding hydrogens is 243 g/mol. The lowest BCUT2D eigenvalue weighted by Crippen LogP contribution is -2.33. The van der Waals surface area contributed by atoms with E-state index in [2.05, 4.69) is 10.3 Å². The zero-order valence-electron chi connectivity index (χ0n) is 10.7. The lowest BCUT2D eigenvalue weighted by molar-refractivity contribution is -0.141. The molecule has 0 aliphatic rings. The number of alkyl halides is 3. The minimum atomic E-state index is -4.46. The van der Waals surface area contributed by atoms with Crippen molar-refractivity contribution >= 4 is 11.4 Å². The Kier molecular flexibility index (Phi) is 4.09. The number of nitrogen functional groups attached to an aromatic ring is 1. The van der Waals surface area contributed by atoms with Crippen LogP contribution in [0.3, 0.4) is 0 Å². The molecule has 0 saturated heterocycles. The molecule has 1 aromatic rings. The predicted octanol–water partition coefficient (Wildman–Crippen LogP) is 3.67. The Balaban J connectivity index is 3.09. The van der Waals surface area contributed by atoms with E-state index in [1.807, 2.05) is 20.8 Å². The molecule has 0 unspecified atom stereocenters. The number of hydrogen-bond acceptors (Lipinski definition) is 3. The highest BCUT2D eigenvalue weighted by Crippen LogP contribution is 2.33.